The minimum absolute atomic E-state index is 0.178. The number of allylic oxidation sites excluding steroid dienone is 10. The molecule has 13 rings (SSSR count). The second kappa shape index (κ2) is 14.6. The molecule has 0 aliphatic heterocycles. The smallest absolute Gasteiger partial charge is 0.0714 e. The van der Waals surface area contributed by atoms with Crippen LogP contribution < -0.4 is 4.90 Å². The Hall–Kier alpha value is -7.74. The second-order valence-corrected chi connectivity index (χ2v) is 20.0. The molecule has 0 atom stereocenters. The highest BCUT2D eigenvalue weighted by Gasteiger charge is 2.47. The summed E-state index contributed by atoms with van der Waals surface area (Å²) in [6, 6.07) is 69.3. The summed E-state index contributed by atoms with van der Waals surface area (Å²) < 4.78 is 0. The van der Waals surface area contributed by atoms with Crippen LogP contribution in [0.15, 0.2) is 236 Å². The normalized spacial score (nSPS) is 16.8. The lowest BCUT2D eigenvalue weighted by molar-refractivity contribution is 0.660. The van der Waals surface area contributed by atoms with Gasteiger partial charge in [-0.2, -0.15) is 0 Å². The monoisotopic (exact) mass is 857 g/mol. The van der Waals surface area contributed by atoms with Gasteiger partial charge in [0.25, 0.3) is 0 Å². The SMILES string of the molecule is CC1(C)c2ccccc2-c2ccc(N(c3ccc4c(c3)C(C)(C)c3ccccc3-4)c3cc4c(cc3C3=CC=CC5=CC=CC=C3C5)-c3ccccc3C4(c3ccccc3)c3ccccc3)cc21. The summed E-state index contributed by atoms with van der Waals surface area (Å²) in [6.07, 6.45) is 16.8. The van der Waals surface area contributed by atoms with Crippen LogP contribution in [0.2, 0.25) is 0 Å². The van der Waals surface area contributed by atoms with Crippen molar-refractivity contribution in [2.75, 3.05) is 4.90 Å². The summed E-state index contributed by atoms with van der Waals surface area (Å²) in [6.45, 7) is 9.58. The lowest BCUT2D eigenvalue weighted by Crippen LogP contribution is -2.29. The van der Waals surface area contributed by atoms with Crippen LogP contribution in [0, 0.1) is 0 Å². The molecule has 5 aliphatic carbocycles. The second-order valence-electron chi connectivity index (χ2n) is 20.0. The van der Waals surface area contributed by atoms with Gasteiger partial charge in [-0.25, -0.2) is 0 Å². The van der Waals surface area contributed by atoms with Crippen LogP contribution in [-0.4, -0.2) is 0 Å². The summed E-state index contributed by atoms with van der Waals surface area (Å²) in [5, 5.41) is 0. The van der Waals surface area contributed by atoms with Gasteiger partial charge in [0.2, 0.25) is 0 Å². The average molecular weight is 858 g/mol. The molecule has 0 heterocycles. The summed E-state index contributed by atoms with van der Waals surface area (Å²) in [5.74, 6) is 0. The molecule has 1 nitrogen and oxygen atoms in total. The quantitative estimate of drug-likeness (QED) is 0.161. The van der Waals surface area contributed by atoms with Gasteiger partial charge >= 0.3 is 0 Å². The number of rotatable bonds is 6. The van der Waals surface area contributed by atoms with Crippen LogP contribution in [0.1, 0.15) is 84.2 Å². The van der Waals surface area contributed by atoms with Crippen molar-refractivity contribution >= 4 is 22.6 Å². The fraction of sp³-hybridized carbons (Fsp3) is 0.121. The molecule has 5 aliphatic rings. The zero-order chi connectivity index (χ0) is 45.1. The Balaban J connectivity index is 1.15. The van der Waals surface area contributed by atoms with Crippen LogP contribution in [0.4, 0.5) is 17.1 Å². The molecule has 0 radical (unpaired) electrons. The van der Waals surface area contributed by atoms with E-state index in [0.29, 0.717) is 0 Å². The number of hydrogen-bond acceptors (Lipinski definition) is 1. The van der Waals surface area contributed by atoms with Gasteiger partial charge in [0.05, 0.1) is 11.1 Å². The van der Waals surface area contributed by atoms with Crippen molar-refractivity contribution in [3.05, 3.63) is 286 Å². The number of anilines is 3. The molecule has 1 heteroatoms. The predicted octanol–water partition coefficient (Wildman–Crippen LogP) is 16.9. The molecule has 67 heavy (non-hydrogen) atoms. The summed E-state index contributed by atoms with van der Waals surface area (Å²) in [7, 11) is 0. The molecule has 0 unspecified atom stereocenters. The van der Waals surface area contributed by atoms with Gasteiger partial charge in [0, 0.05) is 27.8 Å². The van der Waals surface area contributed by atoms with Crippen molar-refractivity contribution in [2.45, 2.75) is 50.4 Å². The lowest BCUT2D eigenvalue weighted by Gasteiger charge is -2.36. The maximum atomic E-state index is 2.61. The van der Waals surface area contributed by atoms with Crippen molar-refractivity contribution in [1.29, 1.82) is 0 Å². The van der Waals surface area contributed by atoms with Crippen LogP contribution in [0.25, 0.3) is 39.0 Å². The van der Waals surface area contributed by atoms with Gasteiger partial charge in [0.15, 0.2) is 0 Å². The van der Waals surface area contributed by atoms with Gasteiger partial charge in [0.1, 0.15) is 0 Å². The Morgan fingerprint density at radius 3 is 1.45 bits per heavy atom. The van der Waals surface area contributed by atoms with Crippen molar-refractivity contribution < 1.29 is 0 Å². The van der Waals surface area contributed by atoms with E-state index in [1.165, 1.54) is 100 Å². The average Bonchev–Trinajstić information content (AvgIpc) is 3.64. The Labute approximate surface area is 395 Å². The number of nitrogens with zero attached hydrogens (tertiary/aromatic N) is 1. The Bertz CT molecular complexity index is 3380. The first-order valence-electron chi connectivity index (χ1n) is 23.9. The van der Waals surface area contributed by atoms with E-state index in [-0.39, 0.29) is 10.8 Å². The van der Waals surface area contributed by atoms with Crippen molar-refractivity contribution in [3.63, 3.8) is 0 Å². The third kappa shape index (κ3) is 5.68. The van der Waals surface area contributed by atoms with E-state index in [9.17, 15) is 0 Å². The van der Waals surface area contributed by atoms with Crippen molar-refractivity contribution in [2.24, 2.45) is 0 Å². The molecule has 2 bridgehead atoms. The maximum absolute atomic E-state index is 2.61. The van der Waals surface area contributed by atoms with Crippen LogP contribution >= 0.6 is 0 Å². The highest BCUT2D eigenvalue weighted by atomic mass is 15.1. The van der Waals surface area contributed by atoms with E-state index >= 15 is 0 Å². The predicted molar refractivity (Wildman–Crippen MR) is 281 cm³/mol. The zero-order valence-electron chi connectivity index (χ0n) is 38.5. The molecular weight excluding hydrogens is 807 g/mol. The van der Waals surface area contributed by atoms with E-state index in [1.807, 2.05) is 0 Å². The highest BCUT2D eigenvalue weighted by Crippen LogP contribution is 2.60. The molecule has 8 aromatic rings. The van der Waals surface area contributed by atoms with Gasteiger partial charge < -0.3 is 4.90 Å². The van der Waals surface area contributed by atoms with Crippen molar-refractivity contribution in [1.82, 2.24) is 0 Å². The number of hydrogen-bond donors (Lipinski definition) is 0. The topological polar surface area (TPSA) is 3.24 Å². The number of benzene rings is 8. The van der Waals surface area contributed by atoms with E-state index in [2.05, 4.69) is 257 Å². The lowest BCUT2D eigenvalue weighted by atomic mass is 9.67. The van der Waals surface area contributed by atoms with E-state index < -0.39 is 5.41 Å². The van der Waals surface area contributed by atoms with Crippen LogP contribution in [0.3, 0.4) is 0 Å². The summed E-state index contributed by atoms with van der Waals surface area (Å²) in [5.41, 5.74) is 26.0. The fourth-order valence-electron chi connectivity index (χ4n) is 12.6. The van der Waals surface area contributed by atoms with Gasteiger partial charge in [-0.1, -0.05) is 216 Å². The Kier molecular flexibility index (Phi) is 8.65. The third-order valence-corrected chi connectivity index (χ3v) is 15.8. The largest absolute Gasteiger partial charge is 0.310 e. The highest BCUT2D eigenvalue weighted by molar-refractivity contribution is 5.99. The van der Waals surface area contributed by atoms with E-state index in [0.717, 1.165) is 23.5 Å². The number of fused-ring (bicyclic) bond motifs is 11. The zero-order valence-corrected chi connectivity index (χ0v) is 38.5. The van der Waals surface area contributed by atoms with E-state index in [4.69, 9.17) is 0 Å². The first-order valence-corrected chi connectivity index (χ1v) is 23.9. The Morgan fingerprint density at radius 1 is 0.373 bits per heavy atom. The summed E-state index contributed by atoms with van der Waals surface area (Å²) >= 11 is 0. The maximum Gasteiger partial charge on any atom is 0.0714 e. The van der Waals surface area contributed by atoms with Gasteiger partial charge in [-0.15, -0.1) is 0 Å². The van der Waals surface area contributed by atoms with Crippen LogP contribution in [0.5, 0.6) is 0 Å². The van der Waals surface area contributed by atoms with Crippen molar-refractivity contribution in [3.8, 4) is 33.4 Å². The molecule has 0 saturated heterocycles. The molecular formula is C66H51N. The molecule has 0 N–H and O–H groups in total. The molecule has 0 fully saturated rings. The first kappa shape index (κ1) is 39.6. The van der Waals surface area contributed by atoms with Gasteiger partial charge in [-0.3, -0.25) is 0 Å². The minimum Gasteiger partial charge on any atom is -0.310 e. The fourth-order valence-corrected chi connectivity index (χ4v) is 12.6. The standard InChI is InChI=1S/C66H51N/c1-64(2)57-31-16-13-27-50(57)53-36-34-47(39-60(53)64)67(48-35-37-54-51-28-14-17-32-58(51)65(3,4)61(54)40-48)63-42-62-55(41-56(63)49-30-19-21-43-20-11-12-22-44(49)38-43)52-29-15-18-33-59(52)66(62,45-23-7-5-8-24-45)46-25-9-6-10-26-46/h5-37,39-42H,38H2,1-4H3. The molecule has 0 aromatic heterocycles. The molecule has 0 saturated carbocycles. The third-order valence-electron chi connectivity index (χ3n) is 15.8. The molecule has 320 valence electrons. The van der Waals surface area contributed by atoms with Gasteiger partial charge in [-0.05, 0) is 137 Å². The summed E-state index contributed by atoms with van der Waals surface area (Å²) in [4.78, 5) is 2.61. The van der Waals surface area contributed by atoms with E-state index in [1.54, 1.807) is 0 Å². The molecule has 0 spiro atoms. The first-order chi connectivity index (χ1) is 32.7. The minimum atomic E-state index is -0.575. The van der Waals surface area contributed by atoms with Crippen LogP contribution in [-0.2, 0) is 16.2 Å². The Morgan fingerprint density at radius 2 is 0.866 bits per heavy atom. The molecule has 8 aromatic carbocycles. The molecule has 0 amide bonds.